The Kier molecular flexibility index (Phi) is 3.00. The highest BCUT2D eigenvalue weighted by Crippen LogP contribution is 2.36. The Morgan fingerprint density at radius 1 is 1.29 bits per heavy atom. The van der Waals surface area contributed by atoms with Gasteiger partial charge in [0.05, 0.1) is 5.92 Å². The molecule has 106 valence electrons. The molecular formula is C16H15N3OS. The van der Waals surface area contributed by atoms with E-state index in [0.29, 0.717) is 11.7 Å². The number of benzene rings is 1. The smallest absolute Gasteiger partial charge is 0.234 e. The van der Waals surface area contributed by atoms with Crippen molar-refractivity contribution in [1.29, 1.82) is 0 Å². The summed E-state index contributed by atoms with van der Waals surface area (Å²) in [5, 5.41) is 11.8. The fourth-order valence-corrected chi connectivity index (χ4v) is 3.63. The summed E-state index contributed by atoms with van der Waals surface area (Å²) in [6.45, 7) is 3.00. The molecule has 0 saturated carbocycles. The van der Waals surface area contributed by atoms with Crippen LogP contribution in [0.2, 0.25) is 0 Å². The molecule has 1 aliphatic rings. The van der Waals surface area contributed by atoms with Crippen molar-refractivity contribution in [1.82, 2.24) is 10.1 Å². The van der Waals surface area contributed by atoms with Gasteiger partial charge in [-0.15, -0.1) is 0 Å². The summed E-state index contributed by atoms with van der Waals surface area (Å²) >= 11 is 1.66. The van der Waals surface area contributed by atoms with Crippen LogP contribution in [0.15, 0.2) is 39.5 Å². The van der Waals surface area contributed by atoms with Gasteiger partial charge in [-0.05, 0) is 35.9 Å². The van der Waals surface area contributed by atoms with Crippen molar-refractivity contribution in [2.24, 2.45) is 0 Å². The average molecular weight is 297 g/mol. The molecule has 0 spiro atoms. The van der Waals surface area contributed by atoms with Gasteiger partial charge in [-0.1, -0.05) is 23.4 Å². The molecule has 3 aromatic rings. The van der Waals surface area contributed by atoms with E-state index in [-0.39, 0.29) is 5.92 Å². The first-order valence-electron chi connectivity index (χ1n) is 7.02. The summed E-state index contributed by atoms with van der Waals surface area (Å²) in [4.78, 5) is 4.64. The molecule has 1 aromatic carbocycles. The van der Waals surface area contributed by atoms with Crippen LogP contribution in [-0.2, 0) is 0 Å². The topological polar surface area (TPSA) is 51.0 Å². The summed E-state index contributed by atoms with van der Waals surface area (Å²) in [6.07, 6.45) is 0.973. The Morgan fingerprint density at radius 2 is 2.19 bits per heavy atom. The first kappa shape index (κ1) is 12.6. The molecule has 5 heteroatoms. The van der Waals surface area contributed by atoms with Crippen molar-refractivity contribution >= 4 is 17.0 Å². The Hall–Kier alpha value is -2.14. The lowest BCUT2D eigenvalue weighted by Gasteiger charge is -2.23. The third-order valence-electron chi connectivity index (χ3n) is 3.92. The number of nitrogens with zero attached hydrogens (tertiary/aromatic N) is 2. The second-order valence-corrected chi connectivity index (χ2v) is 6.02. The maximum absolute atomic E-state index is 5.56. The summed E-state index contributed by atoms with van der Waals surface area (Å²) in [5.74, 6) is 1.59. The number of hydrogen-bond donors (Lipinski definition) is 1. The summed E-state index contributed by atoms with van der Waals surface area (Å²) < 4.78 is 5.56. The number of thiophene rings is 1. The van der Waals surface area contributed by atoms with Crippen LogP contribution in [-0.4, -0.2) is 16.7 Å². The first-order chi connectivity index (χ1) is 10.3. The van der Waals surface area contributed by atoms with Crippen LogP contribution in [0.5, 0.6) is 0 Å². The first-order valence-corrected chi connectivity index (χ1v) is 7.97. The van der Waals surface area contributed by atoms with Gasteiger partial charge in [0.25, 0.3) is 0 Å². The fourth-order valence-electron chi connectivity index (χ4n) is 2.80. The number of fused-ring (bicyclic) bond motifs is 1. The number of hydrogen-bond acceptors (Lipinski definition) is 5. The summed E-state index contributed by atoms with van der Waals surface area (Å²) in [5.41, 5.74) is 4.66. The molecule has 3 heterocycles. The van der Waals surface area contributed by atoms with Crippen LogP contribution in [0.3, 0.4) is 0 Å². The van der Waals surface area contributed by atoms with Crippen LogP contribution < -0.4 is 5.32 Å². The Labute approximate surface area is 126 Å². The molecule has 1 atom stereocenters. The van der Waals surface area contributed by atoms with Gasteiger partial charge in [-0.2, -0.15) is 16.3 Å². The molecule has 1 aliphatic heterocycles. The van der Waals surface area contributed by atoms with Gasteiger partial charge in [0, 0.05) is 23.2 Å². The third-order valence-corrected chi connectivity index (χ3v) is 4.78. The predicted molar refractivity (Wildman–Crippen MR) is 83.7 cm³/mol. The van der Waals surface area contributed by atoms with E-state index in [2.05, 4.69) is 51.3 Å². The van der Waals surface area contributed by atoms with Crippen molar-refractivity contribution in [3.8, 4) is 11.4 Å². The SMILES string of the molecule is Cc1cscc1-c1noc(C2CCNc3ccccc32)n1. The minimum Gasteiger partial charge on any atom is -0.385 e. The minimum atomic E-state index is 0.183. The number of aryl methyl sites for hydroxylation is 1. The Morgan fingerprint density at radius 3 is 3.05 bits per heavy atom. The molecular weight excluding hydrogens is 282 g/mol. The molecule has 0 radical (unpaired) electrons. The lowest BCUT2D eigenvalue weighted by atomic mass is 9.91. The van der Waals surface area contributed by atoms with E-state index in [1.54, 1.807) is 11.3 Å². The fraction of sp³-hybridized carbons (Fsp3) is 0.250. The second-order valence-electron chi connectivity index (χ2n) is 5.28. The zero-order valence-corrected chi connectivity index (χ0v) is 12.5. The van der Waals surface area contributed by atoms with Gasteiger partial charge in [0.15, 0.2) is 0 Å². The van der Waals surface area contributed by atoms with Crippen LogP contribution in [0, 0.1) is 6.92 Å². The molecule has 0 bridgehead atoms. The standard InChI is InChI=1S/C16H15N3OS/c1-10-8-21-9-13(10)15-18-16(20-19-15)12-6-7-17-14-5-3-2-4-11(12)14/h2-5,8-9,12,17H,6-7H2,1H3. The van der Waals surface area contributed by atoms with Gasteiger partial charge in [0.1, 0.15) is 0 Å². The number of para-hydroxylation sites is 1. The van der Waals surface area contributed by atoms with E-state index in [4.69, 9.17) is 4.52 Å². The van der Waals surface area contributed by atoms with Gasteiger partial charge < -0.3 is 9.84 Å². The number of anilines is 1. The van der Waals surface area contributed by atoms with Crippen molar-refractivity contribution in [3.63, 3.8) is 0 Å². The quantitative estimate of drug-likeness (QED) is 0.775. The highest BCUT2D eigenvalue weighted by Gasteiger charge is 2.26. The largest absolute Gasteiger partial charge is 0.385 e. The monoisotopic (exact) mass is 297 g/mol. The maximum atomic E-state index is 5.56. The number of aromatic nitrogens is 2. The third kappa shape index (κ3) is 2.14. The summed E-state index contributed by atoms with van der Waals surface area (Å²) in [7, 11) is 0. The molecule has 0 aliphatic carbocycles. The predicted octanol–water partition coefficient (Wildman–Crippen LogP) is 4.05. The lowest BCUT2D eigenvalue weighted by Crippen LogP contribution is -2.17. The summed E-state index contributed by atoms with van der Waals surface area (Å²) in [6, 6.07) is 8.33. The van der Waals surface area contributed by atoms with E-state index in [0.717, 1.165) is 18.5 Å². The highest BCUT2D eigenvalue weighted by molar-refractivity contribution is 7.08. The lowest BCUT2D eigenvalue weighted by molar-refractivity contribution is 0.361. The molecule has 2 aromatic heterocycles. The van der Waals surface area contributed by atoms with E-state index in [1.165, 1.54) is 16.8 Å². The van der Waals surface area contributed by atoms with Gasteiger partial charge in [0.2, 0.25) is 11.7 Å². The van der Waals surface area contributed by atoms with Crippen molar-refractivity contribution in [2.75, 3.05) is 11.9 Å². The molecule has 0 amide bonds. The van der Waals surface area contributed by atoms with Crippen molar-refractivity contribution in [2.45, 2.75) is 19.3 Å². The van der Waals surface area contributed by atoms with Crippen molar-refractivity contribution < 1.29 is 4.52 Å². The van der Waals surface area contributed by atoms with Gasteiger partial charge in [-0.3, -0.25) is 0 Å². The van der Waals surface area contributed by atoms with Crippen LogP contribution in [0.4, 0.5) is 5.69 Å². The number of nitrogens with one attached hydrogen (secondary N) is 1. The highest BCUT2D eigenvalue weighted by atomic mass is 32.1. The van der Waals surface area contributed by atoms with Crippen LogP contribution in [0.25, 0.3) is 11.4 Å². The normalized spacial score (nSPS) is 17.3. The van der Waals surface area contributed by atoms with Crippen LogP contribution >= 0.6 is 11.3 Å². The van der Waals surface area contributed by atoms with Gasteiger partial charge >= 0.3 is 0 Å². The van der Waals surface area contributed by atoms with E-state index in [1.807, 2.05) is 6.07 Å². The molecule has 4 nitrogen and oxygen atoms in total. The van der Waals surface area contributed by atoms with Crippen LogP contribution in [0.1, 0.15) is 29.4 Å². The molecule has 4 rings (SSSR count). The zero-order valence-electron chi connectivity index (χ0n) is 11.7. The Bertz CT molecular complexity index is 777. The van der Waals surface area contributed by atoms with E-state index in [9.17, 15) is 0 Å². The molecule has 21 heavy (non-hydrogen) atoms. The van der Waals surface area contributed by atoms with E-state index < -0.39 is 0 Å². The van der Waals surface area contributed by atoms with Crippen molar-refractivity contribution in [3.05, 3.63) is 52.0 Å². The molecule has 1 N–H and O–H groups in total. The van der Waals surface area contributed by atoms with Gasteiger partial charge in [-0.25, -0.2) is 0 Å². The second kappa shape index (κ2) is 5.00. The Balaban J connectivity index is 1.73. The average Bonchev–Trinajstić information content (AvgIpc) is 3.15. The molecule has 0 saturated heterocycles. The minimum absolute atomic E-state index is 0.183. The number of rotatable bonds is 2. The van der Waals surface area contributed by atoms with E-state index >= 15 is 0 Å². The molecule has 0 fully saturated rings. The molecule has 1 unspecified atom stereocenters. The maximum Gasteiger partial charge on any atom is 0.234 e. The zero-order chi connectivity index (χ0) is 14.2.